The van der Waals surface area contributed by atoms with Crippen molar-refractivity contribution in [3.8, 4) is 0 Å². The Morgan fingerprint density at radius 1 is 1.33 bits per heavy atom. The van der Waals surface area contributed by atoms with Gasteiger partial charge in [-0.2, -0.15) is 0 Å². The van der Waals surface area contributed by atoms with Crippen LogP contribution in [0.2, 0.25) is 0 Å². The summed E-state index contributed by atoms with van der Waals surface area (Å²) in [7, 11) is -1.34. The van der Waals surface area contributed by atoms with Crippen LogP contribution in [0.3, 0.4) is 0 Å². The highest BCUT2D eigenvalue weighted by atomic mass is 16.4. The Labute approximate surface area is 55.7 Å². The normalized spacial score (nSPS) is 12.7. The molecule has 0 saturated carbocycles. The maximum atomic E-state index is 8.58. The van der Waals surface area contributed by atoms with Crippen LogP contribution in [0.4, 0.5) is 0 Å². The molecule has 0 aromatic rings. The van der Waals surface area contributed by atoms with Crippen molar-refractivity contribution >= 4 is 7.12 Å². The van der Waals surface area contributed by atoms with Crippen LogP contribution in [0.25, 0.3) is 0 Å². The van der Waals surface area contributed by atoms with Crippen LogP contribution in [0, 0.1) is 0 Å². The zero-order valence-electron chi connectivity index (χ0n) is 5.70. The minimum absolute atomic E-state index is 0.525. The third kappa shape index (κ3) is 3.11. The predicted molar refractivity (Wildman–Crippen MR) is 38.8 cm³/mol. The highest BCUT2D eigenvalue weighted by Gasteiger charge is 2.08. The van der Waals surface area contributed by atoms with E-state index in [2.05, 4.69) is 0 Å². The molecule has 0 aromatic heterocycles. The molecule has 0 aromatic carbocycles. The molecule has 50 valence electrons. The lowest BCUT2D eigenvalue weighted by molar-refractivity contribution is 0.420. The Hall–Kier alpha value is -0.535. The summed E-state index contributed by atoms with van der Waals surface area (Å²) in [5.74, 6) is 0. The Balaban J connectivity index is 4.01. The molecule has 2 N–H and O–H groups in total. The number of allylic oxidation sites excluding steroid dienone is 4. The second-order valence-electron chi connectivity index (χ2n) is 1.66. The van der Waals surface area contributed by atoms with Gasteiger partial charge >= 0.3 is 7.12 Å². The first-order valence-electron chi connectivity index (χ1n) is 2.87. The van der Waals surface area contributed by atoms with Crippen molar-refractivity contribution in [3.63, 3.8) is 0 Å². The lowest BCUT2D eigenvalue weighted by Gasteiger charge is -1.95. The first-order valence-corrected chi connectivity index (χ1v) is 2.87. The van der Waals surface area contributed by atoms with Crippen molar-refractivity contribution in [2.45, 2.75) is 13.8 Å². The molecule has 0 rings (SSSR count). The highest BCUT2D eigenvalue weighted by molar-refractivity contribution is 6.51. The molecule has 0 heterocycles. The Kier molecular flexibility index (Phi) is 4.10. The molecule has 0 amide bonds. The summed E-state index contributed by atoms with van der Waals surface area (Å²) in [5.41, 5.74) is 0.525. The maximum Gasteiger partial charge on any atom is 0.488 e. The summed E-state index contributed by atoms with van der Waals surface area (Å²) in [4.78, 5) is 0. The van der Waals surface area contributed by atoms with Crippen molar-refractivity contribution in [2.75, 3.05) is 0 Å². The summed E-state index contributed by atoms with van der Waals surface area (Å²) >= 11 is 0. The molecule has 3 heteroatoms. The van der Waals surface area contributed by atoms with E-state index in [4.69, 9.17) is 10.0 Å². The monoisotopic (exact) mass is 126 g/mol. The average molecular weight is 126 g/mol. The SMILES string of the molecule is CC=CC(=CC)B(O)O. The standard InChI is InChI=1S/C6H11BO2/c1-3-5-6(4-2)7(8)9/h3-5,8-9H,1-2H3. The van der Waals surface area contributed by atoms with Gasteiger partial charge < -0.3 is 10.0 Å². The van der Waals surface area contributed by atoms with E-state index in [1.165, 1.54) is 0 Å². The van der Waals surface area contributed by atoms with Crippen LogP contribution < -0.4 is 0 Å². The topological polar surface area (TPSA) is 40.5 Å². The van der Waals surface area contributed by atoms with Crippen molar-refractivity contribution < 1.29 is 10.0 Å². The highest BCUT2D eigenvalue weighted by Crippen LogP contribution is 1.96. The van der Waals surface area contributed by atoms with E-state index in [0.29, 0.717) is 5.47 Å². The fourth-order valence-corrected chi connectivity index (χ4v) is 0.524. The fourth-order valence-electron chi connectivity index (χ4n) is 0.524. The molecule has 0 saturated heterocycles. The minimum Gasteiger partial charge on any atom is -0.423 e. The van der Waals surface area contributed by atoms with Gasteiger partial charge in [-0.25, -0.2) is 0 Å². The van der Waals surface area contributed by atoms with Gasteiger partial charge in [-0.15, -0.1) is 0 Å². The summed E-state index contributed by atoms with van der Waals surface area (Å²) < 4.78 is 0. The van der Waals surface area contributed by atoms with Crippen molar-refractivity contribution in [3.05, 3.63) is 23.7 Å². The van der Waals surface area contributed by atoms with Crippen molar-refractivity contribution in [2.24, 2.45) is 0 Å². The molecular weight excluding hydrogens is 115 g/mol. The summed E-state index contributed by atoms with van der Waals surface area (Å²) in [5, 5.41) is 17.2. The largest absolute Gasteiger partial charge is 0.488 e. The first-order chi connectivity index (χ1) is 4.22. The van der Waals surface area contributed by atoms with Crippen LogP contribution in [0.5, 0.6) is 0 Å². The third-order valence-corrected chi connectivity index (χ3v) is 0.991. The molecule has 0 atom stereocenters. The minimum atomic E-state index is -1.34. The van der Waals surface area contributed by atoms with Gasteiger partial charge in [0.1, 0.15) is 0 Å². The molecule has 0 radical (unpaired) electrons. The van der Waals surface area contributed by atoms with E-state index in [9.17, 15) is 0 Å². The maximum absolute atomic E-state index is 8.58. The number of rotatable bonds is 2. The van der Waals surface area contributed by atoms with Gasteiger partial charge in [0.2, 0.25) is 0 Å². The van der Waals surface area contributed by atoms with Gasteiger partial charge in [0.05, 0.1) is 0 Å². The van der Waals surface area contributed by atoms with Gasteiger partial charge in [0, 0.05) is 0 Å². The summed E-state index contributed by atoms with van der Waals surface area (Å²) in [6, 6.07) is 0. The molecule has 9 heavy (non-hydrogen) atoms. The second kappa shape index (κ2) is 4.35. The zero-order chi connectivity index (χ0) is 7.28. The molecule has 0 aliphatic rings. The zero-order valence-corrected chi connectivity index (χ0v) is 5.70. The molecule has 0 fully saturated rings. The average Bonchev–Trinajstić information content (AvgIpc) is 1.82. The van der Waals surface area contributed by atoms with Gasteiger partial charge in [0.15, 0.2) is 0 Å². The van der Waals surface area contributed by atoms with E-state index < -0.39 is 7.12 Å². The van der Waals surface area contributed by atoms with Crippen LogP contribution >= 0.6 is 0 Å². The smallest absolute Gasteiger partial charge is 0.423 e. The van der Waals surface area contributed by atoms with E-state index >= 15 is 0 Å². The van der Waals surface area contributed by atoms with Crippen LogP contribution in [0.1, 0.15) is 13.8 Å². The van der Waals surface area contributed by atoms with Crippen molar-refractivity contribution in [1.29, 1.82) is 0 Å². The summed E-state index contributed by atoms with van der Waals surface area (Å²) in [6.45, 7) is 3.58. The van der Waals surface area contributed by atoms with E-state index in [1.54, 1.807) is 25.2 Å². The third-order valence-electron chi connectivity index (χ3n) is 0.991. The molecule has 0 aliphatic heterocycles. The molecule has 2 nitrogen and oxygen atoms in total. The van der Waals surface area contributed by atoms with Gasteiger partial charge in [0.25, 0.3) is 0 Å². The molecule has 0 aliphatic carbocycles. The molecule has 0 spiro atoms. The fraction of sp³-hybridized carbons (Fsp3) is 0.333. The molecule has 0 unspecified atom stereocenters. The molecular formula is C6H11BO2. The second-order valence-corrected chi connectivity index (χ2v) is 1.66. The van der Waals surface area contributed by atoms with Crippen LogP contribution in [-0.4, -0.2) is 17.2 Å². The van der Waals surface area contributed by atoms with Gasteiger partial charge in [-0.3, -0.25) is 0 Å². The van der Waals surface area contributed by atoms with Crippen molar-refractivity contribution in [1.82, 2.24) is 0 Å². The number of hydrogen-bond donors (Lipinski definition) is 2. The van der Waals surface area contributed by atoms with Gasteiger partial charge in [-0.1, -0.05) is 18.2 Å². The summed E-state index contributed by atoms with van der Waals surface area (Å²) in [6.07, 6.45) is 5.07. The van der Waals surface area contributed by atoms with E-state index in [-0.39, 0.29) is 0 Å². The van der Waals surface area contributed by atoms with Crippen LogP contribution in [0.15, 0.2) is 23.7 Å². The first kappa shape index (κ1) is 8.46. The Bertz CT molecular complexity index is 127. The number of hydrogen-bond acceptors (Lipinski definition) is 2. The lowest BCUT2D eigenvalue weighted by Crippen LogP contribution is -2.13. The predicted octanol–water partition coefficient (Wildman–Crippen LogP) is 0.521. The van der Waals surface area contributed by atoms with E-state index in [1.807, 2.05) is 6.92 Å². The quantitative estimate of drug-likeness (QED) is 0.418. The van der Waals surface area contributed by atoms with Crippen LogP contribution in [-0.2, 0) is 0 Å². The lowest BCUT2D eigenvalue weighted by atomic mass is 9.79. The van der Waals surface area contributed by atoms with Gasteiger partial charge in [-0.05, 0) is 19.3 Å². The Morgan fingerprint density at radius 2 is 1.89 bits per heavy atom. The van der Waals surface area contributed by atoms with E-state index in [0.717, 1.165) is 0 Å². The molecule has 0 bridgehead atoms. The Morgan fingerprint density at radius 3 is 2.00 bits per heavy atom.